The number of benzene rings is 2. The molecular formula is C21H21N5O2. The van der Waals surface area contributed by atoms with Gasteiger partial charge >= 0.3 is 0 Å². The SMILES string of the molecule is CC(Oc1ccc(C#N)cc1)C(=O)N(C)C(C)c1ccc(-n2cncn2)cc1. The van der Waals surface area contributed by atoms with Crippen molar-refractivity contribution >= 4 is 5.91 Å². The molecule has 0 aliphatic rings. The van der Waals surface area contributed by atoms with E-state index in [9.17, 15) is 4.79 Å². The van der Waals surface area contributed by atoms with E-state index in [4.69, 9.17) is 10.00 Å². The smallest absolute Gasteiger partial charge is 0.263 e. The third kappa shape index (κ3) is 4.18. The van der Waals surface area contributed by atoms with Crippen LogP contribution in [-0.2, 0) is 4.79 Å². The van der Waals surface area contributed by atoms with Gasteiger partial charge in [0.15, 0.2) is 6.10 Å². The number of likely N-dealkylation sites (N-methyl/N-ethyl adjacent to an activating group) is 1. The number of amides is 1. The van der Waals surface area contributed by atoms with Crippen LogP contribution >= 0.6 is 0 Å². The molecule has 0 aliphatic carbocycles. The maximum absolute atomic E-state index is 12.8. The van der Waals surface area contributed by atoms with Crippen LogP contribution in [0.25, 0.3) is 5.69 Å². The Kier molecular flexibility index (Phi) is 5.70. The molecule has 2 aromatic carbocycles. The quantitative estimate of drug-likeness (QED) is 0.661. The molecule has 1 amide bonds. The van der Waals surface area contributed by atoms with Crippen LogP contribution in [0.4, 0.5) is 0 Å². The molecule has 0 bridgehead atoms. The highest BCUT2D eigenvalue weighted by atomic mass is 16.5. The topological polar surface area (TPSA) is 84.0 Å². The summed E-state index contributed by atoms with van der Waals surface area (Å²) in [6, 6.07) is 16.5. The number of hydrogen-bond donors (Lipinski definition) is 0. The fourth-order valence-corrected chi connectivity index (χ4v) is 2.81. The maximum atomic E-state index is 12.8. The van der Waals surface area contributed by atoms with Gasteiger partial charge < -0.3 is 9.64 Å². The summed E-state index contributed by atoms with van der Waals surface area (Å²) in [5.74, 6) is 0.426. The minimum atomic E-state index is -0.644. The van der Waals surface area contributed by atoms with Gasteiger partial charge in [-0.15, -0.1) is 0 Å². The first-order valence-corrected chi connectivity index (χ1v) is 8.88. The van der Waals surface area contributed by atoms with E-state index in [0.717, 1.165) is 11.3 Å². The number of nitrogens with zero attached hydrogens (tertiary/aromatic N) is 5. The summed E-state index contributed by atoms with van der Waals surface area (Å²) in [5.41, 5.74) is 2.46. The number of rotatable bonds is 6. The van der Waals surface area contributed by atoms with Crippen molar-refractivity contribution in [1.29, 1.82) is 5.26 Å². The minimum absolute atomic E-state index is 0.121. The summed E-state index contributed by atoms with van der Waals surface area (Å²) in [5, 5.41) is 13.0. The van der Waals surface area contributed by atoms with Crippen molar-refractivity contribution in [1.82, 2.24) is 19.7 Å². The Hall–Kier alpha value is -3.66. The molecular weight excluding hydrogens is 354 g/mol. The number of aromatic nitrogens is 3. The van der Waals surface area contributed by atoms with Crippen molar-refractivity contribution < 1.29 is 9.53 Å². The van der Waals surface area contributed by atoms with Gasteiger partial charge in [-0.25, -0.2) is 9.67 Å². The Balaban J connectivity index is 1.65. The van der Waals surface area contributed by atoms with Crippen LogP contribution in [0.5, 0.6) is 5.75 Å². The molecule has 1 heterocycles. The number of carbonyl (C=O) groups is 1. The standard InChI is InChI=1S/C21H21N5O2/c1-15(18-6-8-19(9-7-18)26-14-23-13-24-26)25(3)21(27)16(2)28-20-10-4-17(12-22)5-11-20/h4-11,13-16H,1-3H3. The summed E-state index contributed by atoms with van der Waals surface area (Å²) in [4.78, 5) is 18.4. The van der Waals surface area contributed by atoms with Crippen LogP contribution in [-0.4, -0.2) is 38.7 Å². The van der Waals surface area contributed by atoms with Crippen LogP contribution in [0, 0.1) is 11.3 Å². The lowest BCUT2D eigenvalue weighted by Crippen LogP contribution is -2.39. The molecule has 0 spiro atoms. The molecule has 3 rings (SSSR count). The van der Waals surface area contributed by atoms with Gasteiger partial charge in [0.05, 0.1) is 23.4 Å². The molecule has 28 heavy (non-hydrogen) atoms. The van der Waals surface area contributed by atoms with E-state index in [-0.39, 0.29) is 11.9 Å². The Morgan fingerprint density at radius 2 is 1.82 bits per heavy atom. The van der Waals surface area contributed by atoms with Gasteiger partial charge in [0.2, 0.25) is 0 Å². The molecule has 0 fully saturated rings. The first-order valence-electron chi connectivity index (χ1n) is 8.88. The highest BCUT2D eigenvalue weighted by Crippen LogP contribution is 2.22. The minimum Gasteiger partial charge on any atom is -0.481 e. The lowest BCUT2D eigenvalue weighted by Gasteiger charge is -2.28. The molecule has 142 valence electrons. The molecule has 0 radical (unpaired) electrons. The van der Waals surface area contributed by atoms with Gasteiger partial charge in [-0.05, 0) is 55.8 Å². The lowest BCUT2D eigenvalue weighted by atomic mass is 10.1. The maximum Gasteiger partial charge on any atom is 0.263 e. The second-order valence-corrected chi connectivity index (χ2v) is 6.45. The second-order valence-electron chi connectivity index (χ2n) is 6.45. The highest BCUT2D eigenvalue weighted by molar-refractivity contribution is 5.81. The Labute approximate surface area is 163 Å². The van der Waals surface area contributed by atoms with E-state index in [1.807, 2.05) is 31.2 Å². The van der Waals surface area contributed by atoms with E-state index in [1.165, 1.54) is 6.33 Å². The van der Waals surface area contributed by atoms with Crippen molar-refractivity contribution in [3.05, 3.63) is 72.3 Å². The third-order valence-electron chi connectivity index (χ3n) is 4.63. The van der Waals surface area contributed by atoms with E-state index >= 15 is 0 Å². The van der Waals surface area contributed by atoms with Gasteiger partial charge in [-0.2, -0.15) is 10.4 Å². The number of hydrogen-bond acceptors (Lipinski definition) is 5. The zero-order valence-electron chi connectivity index (χ0n) is 16.0. The Bertz CT molecular complexity index is 960. The molecule has 2 atom stereocenters. The van der Waals surface area contributed by atoms with Crippen molar-refractivity contribution in [2.24, 2.45) is 0 Å². The summed E-state index contributed by atoms with van der Waals surface area (Å²) >= 11 is 0. The molecule has 3 aromatic rings. The van der Waals surface area contributed by atoms with Gasteiger partial charge in [-0.1, -0.05) is 12.1 Å². The van der Waals surface area contributed by atoms with Crippen LogP contribution in [0.3, 0.4) is 0 Å². The molecule has 0 N–H and O–H groups in total. The molecule has 2 unspecified atom stereocenters. The predicted molar refractivity (Wildman–Crippen MR) is 104 cm³/mol. The van der Waals surface area contributed by atoms with Crippen molar-refractivity contribution in [3.63, 3.8) is 0 Å². The molecule has 0 saturated heterocycles. The summed E-state index contributed by atoms with van der Waals surface area (Å²) in [6.07, 6.45) is 2.48. The zero-order chi connectivity index (χ0) is 20.1. The normalized spacial score (nSPS) is 12.6. The Morgan fingerprint density at radius 1 is 1.14 bits per heavy atom. The molecule has 0 saturated carbocycles. The van der Waals surface area contributed by atoms with Crippen LogP contribution in [0.15, 0.2) is 61.2 Å². The van der Waals surface area contributed by atoms with Gasteiger partial charge in [0, 0.05) is 7.05 Å². The monoisotopic (exact) mass is 375 g/mol. The summed E-state index contributed by atoms with van der Waals surface area (Å²) in [7, 11) is 1.76. The van der Waals surface area contributed by atoms with Crippen LogP contribution in [0.1, 0.15) is 31.0 Å². The van der Waals surface area contributed by atoms with Crippen molar-refractivity contribution in [2.45, 2.75) is 26.0 Å². The van der Waals surface area contributed by atoms with Crippen molar-refractivity contribution in [2.75, 3.05) is 7.05 Å². The number of nitriles is 1. The summed E-state index contributed by atoms with van der Waals surface area (Å²) in [6.45, 7) is 3.69. The van der Waals surface area contributed by atoms with Crippen LogP contribution < -0.4 is 4.74 Å². The fraction of sp³-hybridized carbons (Fsp3) is 0.238. The van der Waals surface area contributed by atoms with E-state index < -0.39 is 6.10 Å². The van der Waals surface area contributed by atoms with E-state index in [0.29, 0.717) is 11.3 Å². The largest absolute Gasteiger partial charge is 0.481 e. The highest BCUT2D eigenvalue weighted by Gasteiger charge is 2.24. The molecule has 0 aliphatic heterocycles. The zero-order valence-corrected chi connectivity index (χ0v) is 16.0. The average molecular weight is 375 g/mol. The van der Waals surface area contributed by atoms with E-state index in [2.05, 4.69) is 16.2 Å². The predicted octanol–water partition coefficient (Wildman–Crippen LogP) is 3.13. The third-order valence-corrected chi connectivity index (χ3v) is 4.63. The van der Waals surface area contributed by atoms with Gasteiger partial charge in [-0.3, -0.25) is 4.79 Å². The molecule has 7 nitrogen and oxygen atoms in total. The number of ether oxygens (including phenoxy) is 1. The van der Waals surface area contributed by atoms with Crippen LogP contribution in [0.2, 0.25) is 0 Å². The first kappa shape index (κ1) is 19.1. The molecule has 7 heteroatoms. The van der Waals surface area contributed by atoms with Crippen molar-refractivity contribution in [3.8, 4) is 17.5 Å². The van der Waals surface area contributed by atoms with E-state index in [1.54, 1.807) is 54.1 Å². The summed E-state index contributed by atoms with van der Waals surface area (Å²) < 4.78 is 7.41. The second kappa shape index (κ2) is 8.35. The fourth-order valence-electron chi connectivity index (χ4n) is 2.81. The average Bonchev–Trinajstić information content (AvgIpc) is 3.27. The Morgan fingerprint density at radius 3 is 2.39 bits per heavy atom. The van der Waals surface area contributed by atoms with Gasteiger partial charge in [0.25, 0.3) is 5.91 Å². The number of carbonyl (C=O) groups excluding carboxylic acids is 1. The molecule has 1 aromatic heterocycles. The van der Waals surface area contributed by atoms with Gasteiger partial charge in [0.1, 0.15) is 18.4 Å². The lowest BCUT2D eigenvalue weighted by molar-refractivity contribution is -0.138. The first-order chi connectivity index (χ1) is 13.5.